The van der Waals surface area contributed by atoms with Gasteiger partial charge in [0.05, 0.1) is 8.07 Å². The van der Waals surface area contributed by atoms with E-state index in [0.717, 1.165) is 5.56 Å². The van der Waals surface area contributed by atoms with Gasteiger partial charge in [0.25, 0.3) is 0 Å². The van der Waals surface area contributed by atoms with Crippen molar-refractivity contribution in [2.45, 2.75) is 31.5 Å². The predicted molar refractivity (Wildman–Crippen MR) is 83.3 cm³/mol. The first-order chi connectivity index (χ1) is 8.39. The minimum Gasteiger partial charge on any atom is -0.277 e. The third kappa shape index (κ3) is 4.00. The Hall–Kier alpha value is -1.05. The quantitative estimate of drug-likeness (QED) is 0.475. The summed E-state index contributed by atoms with van der Waals surface area (Å²) in [6, 6.07) is 8.27. The van der Waals surface area contributed by atoms with Crippen molar-refractivity contribution < 1.29 is 0 Å². The maximum Gasteiger partial charge on any atom is 0.142 e. The van der Waals surface area contributed by atoms with Crippen LogP contribution in [0.25, 0.3) is 0 Å². The Balaban J connectivity index is 3.04. The molecule has 0 aromatic heterocycles. The van der Waals surface area contributed by atoms with Crippen molar-refractivity contribution in [3.05, 3.63) is 29.3 Å². The van der Waals surface area contributed by atoms with E-state index >= 15 is 0 Å². The molecule has 0 aliphatic heterocycles. The molecule has 18 heavy (non-hydrogen) atoms. The van der Waals surface area contributed by atoms with E-state index in [9.17, 15) is 0 Å². The average Bonchev–Trinajstić information content (AvgIpc) is 2.30. The Bertz CT molecular complexity index is 495. The maximum absolute atomic E-state index is 9.07. The summed E-state index contributed by atoms with van der Waals surface area (Å²) in [4.78, 5) is 5.31. The van der Waals surface area contributed by atoms with Gasteiger partial charge < -0.3 is 0 Å². The van der Waals surface area contributed by atoms with Crippen molar-refractivity contribution in [1.29, 1.82) is 5.26 Å². The first-order valence-corrected chi connectivity index (χ1v) is 10.7. The molecule has 0 spiro atoms. The molecule has 0 N–H and O–H groups in total. The highest BCUT2D eigenvalue weighted by atomic mass is 32.2. The number of rotatable bonds is 4. The summed E-state index contributed by atoms with van der Waals surface area (Å²) in [7, 11) is 0.610. The van der Waals surface area contributed by atoms with E-state index in [0.29, 0.717) is 5.71 Å². The van der Waals surface area contributed by atoms with Crippen LogP contribution in [0.4, 0.5) is 0 Å². The molecule has 2 nitrogen and oxygen atoms in total. The zero-order valence-electron chi connectivity index (χ0n) is 11.7. The molecule has 1 aromatic rings. The molecule has 1 rings (SSSR count). The molecule has 0 aliphatic carbocycles. The molecule has 0 heterocycles. The number of hydrogen-bond donors (Lipinski definition) is 0. The molecule has 0 aliphatic rings. The lowest BCUT2D eigenvalue weighted by Gasteiger charge is -2.16. The molecule has 1 aromatic carbocycles. The number of hydrogen-bond acceptors (Lipinski definition) is 3. The Labute approximate surface area is 115 Å². The van der Waals surface area contributed by atoms with Crippen LogP contribution < -0.4 is 0 Å². The Morgan fingerprint density at radius 1 is 1.39 bits per heavy atom. The largest absolute Gasteiger partial charge is 0.277 e. The molecular formula is C14H20N2SSi. The molecule has 0 radical (unpaired) electrons. The summed E-state index contributed by atoms with van der Waals surface area (Å²) in [5.41, 5.74) is 2.64. The van der Waals surface area contributed by atoms with Crippen LogP contribution in [0, 0.1) is 18.3 Å². The molecule has 0 fully saturated rings. The van der Waals surface area contributed by atoms with Gasteiger partial charge in [0.15, 0.2) is 0 Å². The second-order valence-corrected chi connectivity index (χ2v) is 12.5. The Morgan fingerprint density at radius 3 is 2.56 bits per heavy atom. The Morgan fingerprint density at radius 2 is 2.06 bits per heavy atom. The summed E-state index contributed by atoms with van der Waals surface area (Å²) in [6.07, 6.45) is 0. The van der Waals surface area contributed by atoms with Gasteiger partial charge >= 0.3 is 0 Å². The van der Waals surface area contributed by atoms with Crippen molar-refractivity contribution in [1.82, 2.24) is 0 Å². The first kappa shape index (κ1) is 15.0. The summed E-state index contributed by atoms with van der Waals surface area (Å²) in [5.74, 6) is 0. The van der Waals surface area contributed by atoms with Crippen LogP contribution in [0.3, 0.4) is 0 Å². The zero-order chi connectivity index (χ0) is 13.8. The standard InChI is InChI=1S/C14H20N2SSi/c1-11-12(13(9-15)16-2)7-6-8-14(11)17-10-18(3,4)5/h6-8H,10H2,1-5H3. The highest BCUT2D eigenvalue weighted by Crippen LogP contribution is 2.27. The second-order valence-electron chi connectivity index (χ2n) is 5.46. The van der Waals surface area contributed by atoms with Crippen LogP contribution in [0.2, 0.25) is 19.6 Å². The molecule has 0 unspecified atom stereocenters. The van der Waals surface area contributed by atoms with Gasteiger partial charge in [-0.15, -0.1) is 11.8 Å². The highest BCUT2D eigenvalue weighted by Gasteiger charge is 2.15. The van der Waals surface area contributed by atoms with Crippen molar-refractivity contribution in [2.24, 2.45) is 4.99 Å². The fraction of sp³-hybridized carbons (Fsp3) is 0.429. The molecule has 4 heteroatoms. The van der Waals surface area contributed by atoms with E-state index in [-0.39, 0.29) is 0 Å². The number of aliphatic imine (C=N–C) groups is 1. The number of benzene rings is 1. The van der Waals surface area contributed by atoms with Crippen molar-refractivity contribution >= 4 is 25.5 Å². The summed E-state index contributed by atoms with van der Waals surface area (Å²) in [5, 5.41) is 10.3. The average molecular weight is 276 g/mol. The molecule has 96 valence electrons. The fourth-order valence-corrected chi connectivity index (χ4v) is 4.41. The number of nitriles is 1. The lowest BCUT2D eigenvalue weighted by atomic mass is 10.1. The van der Waals surface area contributed by atoms with Gasteiger partial charge in [0.1, 0.15) is 11.8 Å². The van der Waals surface area contributed by atoms with Crippen molar-refractivity contribution in [2.75, 3.05) is 12.4 Å². The fourth-order valence-electron chi connectivity index (χ4n) is 1.55. The van der Waals surface area contributed by atoms with E-state index < -0.39 is 8.07 Å². The van der Waals surface area contributed by atoms with E-state index in [1.807, 2.05) is 23.9 Å². The van der Waals surface area contributed by atoms with Crippen LogP contribution in [0.15, 0.2) is 28.1 Å². The van der Waals surface area contributed by atoms with E-state index in [1.165, 1.54) is 15.8 Å². The zero-order valence-corrected chi connectivity index (χ0v) is 13.6. The van der Waals surface area contributed by atoms with E-state index in [4.69, 9.17) is 5.26 Å². The molecule has 0 bridgehead atoms. The predicted octanol–water partition coefficient (Wildman–Crippen LogP) is 3.91. The van der Waals surface area contributed by atoms with Crippen LogP contribution >= 0.6 is 11.8 Å². The maximum atomic E-state index is 9.07. The highest BCUT2D eigenvalue weighted by molar-refractivity contribution is 8.01. The number of thioether (sulfide) groups is 1. The molecule has 0 amide bonds. The SMILES string of the molecule is CN=C(C#N)c1cccc(SC[Si](C)(C)C)c1C. The van der Waals surface area contributed by atoms with Gasteiger partial charge in [-0.3, -0.25) is 4.99 Å². The van der Waals surface area contributed by atoms with Crippen LogP contribution in [0.5, 0.6) is 0 Å². The molecule has 0 saturated heterocycles. The summed E-state index contributed by atoms with van der Waals surface area (Å²) < 4.78 is 0. The van der Waals surface area contributed by atoms with Gasteiger partial charge in [0, 0.05) is 17.5 Å². The third-order valence-electron chi connectivity index (χ3n) is 2.53. The molecule has 0 atom stereocenters. The van der Waals surface area contributed by atoms with E-state index in [2.05, 4.69) is 43.7 Å². The second kappa shape index (κ2) is 6.21. The smallest absolute Gasteiger partial charge is 0.142 e. The minimum absolute atomic E-state index is 0.517. The van der Waals surface area contributed by atoms with Crippen molar-refractivity contribution in [3.8, 4) is 6.07 Å². The Kier molecular flexibility index (Phi) is 5.18. The van der Waals surface area contributed by atoms with Gasteiger partial charge in [-0.2, -0.15) is 5.26 Å². The van der Waals surface area contributed by atoms with Crippen LogP contribution in [0.1, 0.15) is 11.1 Å². The van der Waals surface area contributed by atoms with Gasteiger partial charge in [-0.1, -0.05) is 31.8 Å². The first-order valence-electron chi connectivity index (χ1n) is 5.98. The van der Waals surface area contributed by atoms with Crippen LogP contribution in [-0.2, 0) is 0 Å². The number of nitrogens with zero attached hydrogens (tertiary/aromatic N) is 2. The monoisotopic (exact) mass is 276 g/mol. The van der Waals surface area contributed by atoms with Crippen LogP contribution in [-0.4, -0.2) is 26.2 Å². The summed E-state index contributed by atoms with van der Waals surface area (Å²) in [6.45, 7) is 9.18. The van der Waals surface area contributed by atoms with Gasteiger partial charge in [-0.05, 0) is 23.9 Å². The lowest BCUT2D eigenvalue weighted by molar-refractivity contribution is 1.28. The lowest BCUT2D eigenvalue weighted by Crippen LogP contribution is -2.23. The minimum atomic E-state index is -1.06. The normalized spacial score (nSPS) is 12.3. The van der Waals surface area contributed by atoms with Crippen molar-refractivity contribution in [3.63, 3.8) is 0 Å². The summed E-state index contributed by atoms with van der Waals surface area (Å²) >= 11 is 1.90. The van der Waals surface area contributed by atoms with Gasteiger partial charge in [0.2, 0.25) is 0 Å². The topological polar surface area (TPSA) is 36.1 Å². The molecular weight excluding hydrogens is 256 g/mol. The molecule has 0 saturated carbocycles. The van der Waals surface area contributed by atoms with E-state index in [1.54, 1.807) is 7.05 Å². The third-order valence-corrected chi connectivity index (χ3v) is 7.32. The van der Waals surface area contributed by atoms with Gasteiger partial charge in [-0.25, -0.2) is 0 Å².